The zero-order valence-corrected chi connectivity index (χ0v) is 14.7. The third-order valence-corrected chi connectivity index (χ3v) is 5.08. The average Bonchev–Trinajstić information content (AvgIpc) is 2.90. The smallest absolute Gasteiger partial charge is 0.337 e. The van der Waals surface area contributed by atoms with Gasteiger partial charge in [0, 0.05) is 11.3 Å². The van der Waals surface area contributed by atoms with Crippen LogP contribution in [0.3, 0.4) is 0 Å². The van der Waals surface area contributed by atoms with E-state index in [9.17, 15) is 18.7 Å². The number of amidine groups is 1. The van der Waals surface area contributed by atoms with E-state index in [2.05, 4.69) is 9.71 Å². The number of anilines is 1. The molecule has 0 radical (unpaired) electrons. The highest BCUT2D eigenvalue weighted by Crippen LogP contribution is 2.55. The number of fused-ring (bicyclic) bond motifs is 1. The summed E-state index contributed by atoms with van der Waals surface area (Å²) in [6.07, 6.45) is 0. The molecule has 0 fully saturated rings. The van der Waals surface area contributed by atoms with Crippen molar-refractivity contribution in [1.82, 2.24) is 0 Å². The largest absolute Gasteiger partial charge is 0.465 e. The Bertz CT molecular complexity index is 891. The minimum Gasteiger partial charge on any atom is -0.465 e. The molecule has 1 heterocycles. The fraction of sp³-hybridized carbons (Fsp3) is 0.118. The third-order valence-electron chi connectivity index (χ3n) is 3.69. The van der Waals surface area contributed by atoms with Gasteiger partial charge in [0.05, 0.1) is 30.2 Å². The topological polar surface area (TPSA) is 117 Å². The van der Waals surface area contributed by atoms with E-state index in [4.69, 9.17) is 9.47 Å². The zero-order chi connectivity index (χ0) is 18.9. The van der Waals surface area contributed by atoms with Gasteiger partial charge in [0.15, 0.2) is 5.84 Å². The molecule has 0 saturated carbocycles. The number of ether oxygens (including phenoxy) is 2. The minimum absolute atomic E-state index is 0.136. The Morgan fingerprint density at radius 1 is 1.00 bits per heavy atom. The van der Waals surface area contributed by atoms with E-state index in [0.29, 0.717) is 16.1 Å². The number of carbonyl (C=O) groups excluding carboxylic acids is 2. The maximum absolute atomic E-state index is 11.9. The van der Waals surface area contributed by atoms with Crippen LogP contribution in [0, 0.1) is 0 Å². The Hall–Kier alpha value is -2.88. The summed E-state index contributed by atoms with van der Waals surface area (Å²) in [6.45, 7) is 0. The molecule has 0 saturated heterocycles. The Labute approximate surface area is 151 Å². The normalized spacial score (nSPS) is 15.5. The maximum atomic E-state index is 11.9. The molecule has 0 spiro atoms. The standard InChI is InChI=1S/C17H16N2O6S/c1-24-16(20)10-7-11(17(21)25-2)9-12(8-10)18-15-13-5-3-4-6-14(13)26(22,23)19-15/h3-9,22-23H,1-2H3,(H,18,19). The minimum atomic E-state index is -3.29. The summed E-state index contributed by atoms with van der Waals surface area (Å²) in [5, 5.41) is 2.93. The van der Waals surface area contributed by atoms with Crippen molar-refractivity contribution in [2.45, 2.75) is 4.90 Å². The summed E-state index contributed by atoms with van der Waals surface area (Å²) in [5.41, 5.74) is 1.14. The van der Waals surface area contributed by atoms with Gasteiger partial charge in [-0.2, -0.15) is 0 Å². The molecular weight excluding hydrogens is 360 g/mol. The highest BCUT2D eigenvalue weighted by atomic mass is 32.3. The van der Waals surface area contributed by atoms with Crippen molar-refractivity contribution in [3.63, 3.8) is 0 Å². The van der Waals surface area contributed by atoms with Gasteiger partial charge >= 0.3 is 11.9 Å². The Morgan fingerprint density at radius 2 is 1.58 bits per heavy atom. The summed E-state index contributed by atoms with van der Waals surface area (Å²) >= 11 is 0. The van der Waals surface area contributed by atoms with Crippen molar-refractivity contribution in [2.24, 2.45) is 4.40 Å². The lowest BCUT2D eigenvalue weighted by Gasteiger charge is -2.22. The molecule has 3 N–H and O–H groups in total. The first-order valence-electron chi connectivity index (χ1n) is 7.42. The quantitative estimate of drug-likeness (QED) is 0.704. The summed E-state index contributed by atoms with van der Waals surface area (Å²) in [6, 6.07) is 11.0. The van der Waals surface area contributed by atoms with Crippen molar-refractivity contribution in [3.05, 3.63) is 59.2 Å². The monoisotopic (exact) mass is 376 g/mol. The molecule has 0 aliphatic carbocycles. The first-order chi connectivity index (χ1) is 12.4. The predicted octanol–water partition coefficient (Wildman–Crippen LogP) is 3.16. The average molecular weight is 376 g/mol. The van der Waals surface area contributed by atoms with Crippen LogP contribution in [-0.2, 0) is 9.47 Å². The number of methoxy groups -OCH3 is 2. The zero-order valence-electron chi connectivity index (χ0n) is 13.9. The number of hydrogen-bond donors (Lipinski definition) is 3. The van der Waals surface area contributed by atoms with E-state index in [1.807, 2.05) is 0 Å². The lowest BCUT2D eigenvalue weighted by Crippen LogP contribution is -2.14. The van der Waals surface area contributed by atoms with E-state index in [1.54, 1.807) is 24.3 Å². The van der Waals surface area contributed by atoms with E-state index in [1.165, 1.54) is 32.4 Å². The van der Waals surface area contributed by atoms with Gasteiger partial charge in [-0.15, -0.1) is 4.40 Å². The maximum Gasteiger partial charge on any atom is 0.337 e. The van der Waals surface area contributed by atoms with Crippen LogP contribution in [0.25, 0.3) is 0 Å². The van der Waals surface area contributed by atoms with Gasteiger partial charge < -0.3 is 14.8 Å². The second-order valence-corrected chi connectivity index (χ2v) is 7.02. The lowest BCUT2D eigenvalue weighted by atomic mass is 10.1. The number of hydrogen-bond acceptors (Lipinski definition) is 8. The van der Waals surface area contributed by atoms with Gasteiger partial charge in [-0.3, -0.25) is 9.11 Å². The van der Waals surface area contributed by atoms with Gasteiger partial charge in [0.1, 0.15) is 0 Å². The van der Waals surface area contributed by atoms with Crippen molar-refractivity contribution >= 4 is 34.2 Å². The van der Waals surface area contributed by atoms with Crippen LogP contribution < -0.4 is 5.32 Å². The molecule has 0 atom stereocenters. The lowest BCUT2D eigenvalue weighted by molar-refractivity contribution is 0.0599. The molecule has 9 heteroatoms. The second-order valence-electron chi connectivity index (χ2n) is 5.36. The Balaban J connectivity index is 2.02. The Morgan fingerprint density at radius 3 is 2.15 bits per heavy atom. The van der Waals surface area contributed by atoms with Crippen LogP contribution >= 0.6 is 10.8 Å². The number of carbonyl (C=O) groups is 2. The van der Waals surface area contributed by atoms with Crippen molar-refractivity contribution in [2.75, 3.05) is 19.5 Å². The van der Waals surface area contributed by atoms with Crippen LogP contribution in [0.4, 0.5) is 5.69 Å². The van der Waals surface area contributed by atoms with Gasteiger partial charge in [-0.1, -0.05) is 22.9 Å². The summed E-state index contributed by atoms with van der Waals surface area (Å²) in [5.74, 6) is -1.04. The van der Waals surface area contributed by atoms with Crippen LogP contribution in [-0.4, -0.2) is 41.1 Å². The van der Waals surface area contributed by atoms with Gasteiger partial charge in [0.2, 0.25) is 0 Å². The van der Waals surface area contributed by atoms with Gasteiger partial charge in [-0.05, 0) is 30.3 Å². The molecular formula is C17H16N2O6S. The summed E-state index contributed by atoms with van der Waals surface area (Å²) in [4.78, 5) is 24.0. The number of nitrogens with zero attached hydrogens (tertiary/aromatic N) is 1. The van der Waals surface area contributed by atoms with Crippen LogP contribution in [0.1, 0.15) is 26.3 Å². The highest BCUT2D eigenvalue weighted by molar-refractivity contribution is 8.23. The van der Waals surface area contributed by atoms with Gasteiger partial charge in [0.25, 0.3) is 0 Å². The molecule has 2 aromatic rings. The molecule has 0 aromatic heterocycles. The van der Waals surface area contributed by atoms with Crippen molar-refractivity contribution in [3.8, 4) is 0 Å². The SMILES string of the molecule is COC(=O)c1cc(NC2=NS(O)(O)c3ccccc32)cc(C(=O)OC)c1. The van der Waals surface area contributed by atoms with Crippen molar-refractivity contribution < 1.29 is 28.2 Å². The number of nitrogens with one attached hydrogen (secondary N) is 1. The second kappa shape index (κ2) is 6.79. The van der Waals surface area contributed by atoms with E-state index in [-0.39, 0.29) is 17.0 Å². The molecule has 26 heavy (non-hydrogen) atoms. The number of esters is 2. The first kappa shape index (κ1) is 17.9. The molecule has 136 valence electrons. The summed E-state index contributed by atoms with van der Waals surface area (Å²) in [7, 11) is -0.837. The molecule has 8 nitrogen and oxygen atoms in total. The van der Waals surface area contributed by atoms with E-state index < -0.39 is 22.7 Å². The number of rotatable bonds is 3. The first-order valence-corrected chi connectivity index (χ1v) is 8.92. The van der Waals surface area contributed by atoms with Crippen LogP contribution in [0.2, 0.25) is 0 Å². The van der Waals surface area contributed by atoms with Crippen molar-refractivity contribution in [1.29, 1.82) is 0 Å². The highest BCUT2D eigenvalue weighted by Gasteiger charge is 2.29. The third kappa shape index (κ3) is 3.27. The molecule has 0 amide bonds. The molecule has 0 bridgehead atoms. The van der Waals surface area contributed by atoms with Crippen LogP contribution in [0.5, 0.6) is 0 Å². The number of benzene rings is 2. The van der Waals surface area contributed by atoms with Gasteiger partial charge in [-0.25, -0.2) is 9.59 Å². The molecule has 1 aliphatic rings. The molecule has 1 aliphatic heterocycles. The fourth-order valence-corrected chi connectivity index (χ4v) is 3.74. The molecule has 2 aromatic carbocycles. The van der Waals surface area contributed by atoms with E-state index in [0.717, 1.165) is 0 Å². The summed E-state index contributed by atoms with van der Waals surface area (Å²) < 4.78 is 33.6. The van der Waals surface area contributed by atoms with Crippen LogP contribution in [0.15, 0.2) is 51.8 Å². The fourth-order valence-electron chi connectivity index (χ4n) is 2.52. The predicted molar refractivity (Wildman–Crippen MR) is 96.8 cm³/mol. The Kier molecular flexibility index (Phi) is 4.68. The van der Waals surface area contributed by atoms with E-state index >= 15 is 0 Å². The molecule has 0 unspecified atom stereocenters. The molecule has 3 rings (SSSR count).